The molecule has 0 radical (unpaired) electrons. The molecule has 13 heavy (non-hydrogen) atoms. The van der Waals surface area contributed by atoms with E-state index in [1.165, 1.54) is 6.07 Å². The Labute approximate surface area is 75.7 Å². The van der Waals surface area contributed by atoms with Gasteiger partial charge in [0.2, 0.25) is 5.76 Å². The van der Waals surface area contributed by atoms with Gasteiger partial charge in [0.25, 0.3) is 0 Å². The fourth-order valence-electron chi connectivity index (χ4n) is 1.52. The Bertz CT molecular complexity index is 360. The topological polar surface area (TPSA) is 50.4 Å². The molecule has 0 aliphatic heterocycles. The van der Waals surface area contributed by atoms with Gasteiger partial charge in [0.1, 0.15) is 5.76 Å². The molecule has 0 amide bonds. The number of aromatic carboxylic acids is 1. The second-order valence-corrected chi connectivity index (χ2v) is 3.09. The molecule has 0 bridgehead atoms. The summed E-state index contributed by atoms with van der Waals surface area (Å²) in [5.41, 5.74) is 1.13. The smallest absolute Gasteiger partial charge is 0.371 e. The van der Waals surface area contributed by atoms with Crippen molar-refractivity contribution >= 4 is 11.5 Å². The molecule has 0 saturated heterocycles. The monoisotopic (exact) mass is 178 g/mol. The van der Waals surface area contributed by atoms with Crippen molar-refractivity contribution in [3.05, 3.63) is 29.7 Å². The Morgan fingerprint density at radius 3 is 2.85 bits per heavy atom. The predicted octanol–water partition coefficient (Wildman–Crippen LogP) is 2.55. The zero-order valence-corrected chi connectivity index (χ0v) is 7.12. The number of allylic oxidation sites excluding steroid dienone is 2. The van der Waals surface area contributed by atoms with E-state index in [-0.39, 0.29) is 5.76 Å². The third-order valence-electron chi connectivity index (χ3n) is 2.17. The Morgan fingerprint density at radius 2 is 2.31 bits per heavy atom. The molecule has 1 N–H and O–H groups in total. The Kier molecular flexibility index (Phi) is 1.93. The number of carbonyl (C=O) groups is 1. The zero-order valence-electron chi connectivity index (χ0n) is 7.12. The maximum Gasteiger partial charge on any atom is 0.371 e. The van der Waals surface area contributed by atoms with Crippen LogP contribution in [0.4, 0.5) is 0 Å². The number of rotatable bonds is 2. The fourth-order valence-corrected chi connectivity index (χ4v) is 1.52. The van der Waals surface area contributed by atoms with Crippen LogP contribution in [-0.2, 0) is 0 Å². The van der Waals surface area contributed by atoms with Gasteiger partial charge < -0.3 is 9.52 Å². The van der Waals surface area contributed by atoms with E-state index in [0.29, 0.717) is 5.76 Å². The molecule has 3 nitrogen and oxygen atoms in total. The number of carboxylic acids is 1. The third kappa shape index (κ3) is 1.49. The van der Waals surface area contributed by atoms with Crippen LogP contribution < -0.4 is 0 Å². The highest BCUT2D eigenvalue weighted by Gasteiger charge is 2.13. The average Bonchev–Trinajstić information content (AvgIpc) is 2.75. The van der Waals surface area contributed by atoms with Gasteiger partial charge in [0.05, 0.1) is 0 Å². The van der Waals surface area contributed by atoms with Crippen molar-refractivity contribution in [3.63, 3.8) is 0 Å². The maximum atomic E-state index is 10.5. The Morgan fingerprint density at radius 1 is 1.46 bits per heavy atom. The molecule has 1 aromatic rings. The molecule has 1 aliphatic carbocycles. The van der Waals surface area contributed by atoms with Crippen molar-refractivity contribution < 1.29 is 14.3 Å². The zero-order chi connectivity index (χ0) is 9.26. The summed E-state index contributed by atoms with van der Waals surface area (Å²) in [6.07, 6.45) is 5.30. The SMILES string of the molecule is O=C(O)c1ccc(C2=CCCC2)o1. The lowest BCUT2D eigenvalue weighted by Crippen LogP contribution is -1.91. The standard InChI is InChI=1S/C10H10O3/c11-10(12)9-6-5-8(13-9)7-3-1-2-4-7/h3,5-6H,1-2,4H2,(H,11,12). The molecule has 0 fully saturated rings. The molecular weight excluding hydrogens is 168 g/mol. The minimum atomic E-state index is -1.01. The lowest BCUT2D eigenvalue weighted by molar-refractivity contribution is 0.0662. The van der Waals surface area contributed by atoms with Crippen LogP contribution in [-0.4, -0.2) is 11.1 Å². The average molecular weight is 178 g/mol. The van der Waals surface area contributed by atoms with Gasteiger partial charge in [-0.15, -0.1) is 0 Å². The van der Waals surface area contributed by atoms with E-state index in [2.05, 4.69) is 6.08 Å². The maximum absolute atomic E-state index is 10.5. The van der Waals surface area contributed by atoms with Crippen LogP contribution in [0.5, 0.6) is 0 Å². The third-order valence-corrected chi connectivity index (χ3v) is 2.17. The minimum absolute atomic E-state index is 0.0165. The van der Waals surface area contributed by atoms with Crippen molar-refractivity contribution in [2.24, 2.45) is 0 Å². The first-order valence-electron chi connectivity index (χ1n) is 4.30. The van der Waals surface area contributed by atoms with Crippen molar-refractivity contribution in [1.82, 2.24) is 0 Å². The van der Waals surface area contributed by atoms with Crippen molar-refractivity contribution in [2.75, 3.05) is 0 Å². The van der Waals surface area contributed by atoms with Gasteiger partial charge in [-0.3, -0.25) is 0 Å². The van der Waals surface area contributed by atoms with Gasteiger partial charge in [-0.1, -0.05) is 6.08 Å². The van der Waals surface area contributed by atoms with Crippen LogP contribution in [0, 0.1) is 0 Å². The Balaban J connectivity index is 2.27. The highest BCUT2D eigenvalue weighted by molar-refractivity contribution is 5.85. The molecule has 3 heteroatoms. The summed E-state index contributed by atoms with van der Waals surface area (Å²) in [5.74, 6) is -0.289. The molecule has 0 saturated carbocycles. The van der Waals surface area contributed by atoms with Crippen LogP contribution in [0.1, 0.15) is 35.6 Å². The molecule has 2 rings (SSSR count). The molecule has 1 aliphatic rings. The van der Waals surface area contributed by atoms with E-state index < -0.39 is 5.97 Å². The van der Waals surface area contributed by atoms with E-state index in [1.54, 1.807) is 6.07 Å². The van der Waals surface area contributed by atoms with E-state index in [1.807, 2.05) is 0 Å². The van der Waals surface area contributed by atoms with E-state index in [9.17, 15) is 4.79 Å². The van der Waals surface area contributed by atoms with Crippen LogP contribution in [0.2, 0.25) is 0 Å². The summed E-state index contributed by atoms with van der Waals surface area (Å²) in [7, 11) is 0. The number of hydrogen-bond acceptors (Lipinski definition) is 2. The van der Waals surface area contributed by atoms with Gasteiger partial charge in [-0.05, 0) is 37.0 Å². The number of hydrogen-bond donors (Lipinski definition) is 1. The molecule has 0 aromatic carbocycles. The van der Waals surface area contributed by atoms with Crippen molar-refractivity contribution in [2.45, 2.75) is 19.3 Å². The van der Waals surface area contributed by atoms with E-state index >= 15 is 0 Å². The van der Waals surface area contributed by atoms with Gasteiger partial charge in [-0.2, -0.15) is 0 Å². The Hall–Kier alpha value is -1.51. The largest absolute Gasteiger partial charge is 0.475 e. The van der Waals surface area contributed by atoms with E-state index in [4.69, 9.17) is 9.52 Å². The molecule has 1 heterocycles. The summed E-state index contributed by atoms with van der Waals surface area (Å²) in [6.45, 7) is 0. The van der Waals surface area contributed by atoms with Gasteiger partial charge >= 0.3 is 5.97 Å². The van der Waals surface area contributed by atoms with E-state index in [0.717, 1.165) is 24.8 Å². The second kappa shape index (κ2) is 3.09. The first-order chi connectivity index (χ1) is 6.27. The van der Waals surface area contributed by atoms with Crippen LogP contribution in [0.3, 0.4) is 0 Å². The molecular formula is C10H10O3. The van der Waals surface area contributed by atoms with Crippen molar-refractivity contribution in [3.8, 4) is 0 Å². The minimum Gasteiger partial charge on any atom is -0.475 e. The van der Waals surface area contributed by atoms with Crippen molar-refractivity contribution in [1.29, 1.82) is 0 Å². The molecule has 68 valence electrons. The predicted molar refractivity (Wildman–Crippen MR) is 47.5 cm³/mol. The van der Waals surface area contributed by atoms with Gasteiger partial charge in [0, 0.05) is 0 Å². The van der Waals surface area contributed by atoms with Gasteiger partial charge in [0.15, 0.2) is 0 Å². The van der Waals surface area contributed by atoms with Crippen LogP contribution in [0.25, 0.3) is 5.57 Å². The van der Waals surface area contributed by atoms with Crippen LogP contribution >= 0.6 is 0 Å². The summed E-state index contributed by atoms with van der Waals surface area (Å²) in [4.78, 5) is 10.5. The summed E-state index contributed by atoms with van der Waals surface area (Å²) < 4.78 is 5.16. The second-order valence-electron chi connectivity index (χ2n) is 3.09. The number of furan rings is 1. The lowest BCUT2D eigenvalue weighted by Gasteiger charge is -1.94. The van der Waals surface area contributed by atoms with Crippen LogP contribution in [0.15, 0.2) is 22.6 Å². The quantitative estimate of drug-likeness (QED) is 0.757. The highest BCUT2D eigenvalue weighted by Crippen LogP contribution is 2.28. The first-order valence-corrected chi connectivity index (χ1v) is 4.30. The normalized spacial score (nSPS) is 15.8. The summed E-state index contributed by atoms with van der Waals surface area (Å²) in [5, 5.41) is 8.63. The molecule has 0 unspecified atom stereocenters. The molecule has 0 atom stereocenters. The highest BCUT2D eigenvalue weighted by atomic mass is 16.4. The number of carboxylic acid groups (broad SMARTS) is 1. The summed E-state index contributed by atoms with van der Waals surface area (Å²) in [6, 6.07) is 3.22. The molecule has 0 spiro atoms. The lowest BCUT2D eigenvalue weighted by atomic mass is 10.2. The fraction of sp³-hybridized carbons (Fsp3) is 0.300. The molecule has 1 aromatic heterocycles. The summed E-state index contributed by atoms with van der Waals surface area (Å²) >= 11 is 0. The van der Waals surface area contributed by atoms with Gasteiger partial charge in [-0.25, -0.2) is 4.79 Å². The first kappa shape index (κ1) is 8.10.